The number of pyridine rings is 1. The first kappa shape index (κ1) is 14.1. The Bertz CT molecular complexity index is 751. The second-order valence-electron chi connectivity index (χ2n) is 5.01. The highest BCUT2D eigenvalue weighted by molar-refractivity contribution is 5.98. The Hall–Kier alpha value is -2.88. The third kappa shape index (κ3) is 2.91. The van der Waals surface area contributed by atoms with Crippen LogP contribution in [0.25, 0.3) is 11.1 Å². The Labute approximate surface area is 128 Å². The maximum absolute atomic E-state index is 12.5. The lowest BCUT2D eigenvalue weighted by molar-refractivity contribution is 0.0912. The van der Waals surface area contributed by atoms with Gasteiger partial charge in [0.15, 0.2) is 5.76 Å². The molecule has 0 aliphatic rings. The third-order valence-corrected chi connectivity index (χ3v) is 3.49. The van der Waals surface area contributed by atoms with Crippen LogP contribution < -0.4 is 5.32 Å². The second-order valence-corrected chi connectivity index (χ2v) is 5.01. The zero-order chi connectivity index (χ0) is 15.4. The van der Waals surface area contributed by atoms with Crippen LogP contribution in [-0.4, -0.2) is 10.9 Å². The number of hydrogen-bond acceptors (Lipinski definition) is 3. The molecule has 0 radical (unpaired) electrons. The van der Waals surface area contributed by atoms with Crippen LogP contribution in [0.4, 0.5) is 0 Å². The molecule has 4 nitrogen and oxygen atoms in total. The summed E-state index contributed by atoms with van der Waals surface area (Å²) in [5.41, 5.74) is 2.69. The van der Waals surface area contributed by atoms with Crippen molar-refractivity contribution in [2.75, 3.05) is 0 Å². The summed E-state index contributed by atoms with van der Waals surface area (Å²) in [5, 5.41) is 2.94. The molecule has 0 spiro atoms. The van der Waals surface area contributed by atoms with E-state index in [1.54, 1.807) is 18.5 Å². The van der Waals surface area contributed by atoms with E-state index in [0.29, 0.717) is 5.76 Å². The minimum absolute atomic E-state index is 0.144. The molecular weight excluding hydrogens is 276 g/mol. The van der Waals surface area contributed by atoms with Crippen LogP contribution in [0.3, 0.4) is 0 Å². The SMILES string of the molecule is C[C@@H](NC(=O)c1occc1-c1ccccc1)c1cccnc1. The van der Waals surface area contributed by atoms with E-state index >= 15 is 0 Å². The van der Waals surface area contributed by atoms with Crippen molar-refractivity contribution in [1.29, 1.82) is 0 Å². The van der Waals surface area contributed by atoms with Crippen molar-refractivity contribution >= 4 is 5.91 Å². The van der Waals surface area contributed by atoms with Gasteiger partial charge in [0.05, 0.1) is 12.3 Å². The van der Waals surface area contributed by atoms with Crippen LogP contribution in [0.2, 0.25) is 0 Å². The van der Waals surface area contributed by atoms with E-state index in [9.17, 15) is 4.79 Å². The van der Waals surface area contributed by atoms with Crippen molar-refractivity contribution in [2.24, 2.45) is 0 Å². The Balaban J connectivity index is 1.81. The van der Waals surface area contributed by atoms with Crippen LogP contribution in [-0.2, 0) is 0 Å². The first-order valence-corrected chi connectivity index (χ1v) is 7.09. The molecule has 0 saturated heterocycles. The van der Waals surface area contributed by atoms with E-state index in [1.165, 1.54) is 6.26 Å². The molecule has 3 aromatic rings. The molecule has 110 valence electrons. The molecule has 2 heterocycles. The minimum Gasteiger partial charge on any atom is -0.459 e. The van der Waals surface area contributed by atoms with Gasteiger partial charge >= 0.3 is 0 Å². The van der Waals surface area contributed by atoms with Gasteiger partial charge in [-0.2, -0.15) is 0 Å². The van der Waals surface area contributed by atoms with Gasteiger partial charge < -0.3 is 9.73 Å². The van der Waals surface area contributed by atoms with E-state index in [0.717, 1.165) is 16.7 Å². The van der Waals surface area contributed by atoms with Gasteiger partial charge in [-0.1, -0.05) is 36.4 Å². The molecule has 1 atom stereocenters. The number of aromatic nitrogens is 1. The molecule has 0 aliphatic heterocycles. The first-order chi connectivity index (χ1) is 10.8. The number of carbonyl (C=O) groups is 1. The predicted octanol–water partition coefficient (Wildman–Crippen LogP) is 3.83. The molecular formula is C18H16N2O2. The monoisotopic (exact) mass is 292 g/mol. The summed E-state index contributed by atoms with van der Waals surface area (Å²) in [6.07, 6.45) is 4.98. The molecule has 1 aromatic carbocycles. The van der Waals surface area contributed by atoms with Crippen molar-refractivity contribution in [3.8, 4) is 11.1 Å². The standard InChI is InChI=1S/C18H16N2O2/c1-13(15-8-5-10-19-12-15)20-18(21)17-16(9-11-22-17)14-6-3-2-4-7-14/h2-13H,1H3,(H,20,21)/t13-/m1/s1. The van der Waals surface area contributed by atoms with E-state index in [4.69, 9.17) is 4.42 Å². The second kappa shape index (κ2) is 6.26. The summed E-state index contributed by atoms with van der Waals surface area (Å²) in [6, 6.07) is 15.1. The van der Waals surface area contributed by atoms with Gasteiger partial charge in [0.2, 0.25) is 0 Å². The van der Waals surface area contributed by atoms with E-state index in [1.807, 2.05) is 49.4 Å². The van der Waals surface area contributed by atoms with Crippen LogP contribution in [0.5, 0.6) is 0 Å². The Morgan fingerprint density at radius 2 is 1.95 bits per heavy atom. The zero-order valence-electron chi connectivity index (χ0n) is 12.2. The average molecular weight is 292 g/mol. The minimum atomic E-state index is -0.236. The quantitative estimate of drug-likeness (QED) is 0.795. The number of nitrogens with zero attached hydrogens (tertiary/aromatic N) is 1. The maximum Gasteiger partial charge on any atom is 0.288 e. The molecule has 1 amide bonds. The fourth-order valence-corrected chi connectivity index (χ4v) is 2.31. The summed E-state index contributed by atoms with van der Waals surface area (Å²) < 4.78 is 5.39. The van der Waals surface area contributed by atoms with Gasteiger partial charge in [0, 0.05) is 18.0 Å². The van der Waals surface area contributed by atoms with Crippen LogP contribution in [0.1, 0.15) is 29.1 Å². The molecule has 2 aromatic heterocycles. The van der Waals surface area contributed by atoms with Gasteiger partial charge in [-0.05, 0) is 30.2 Å². The number of carbonyl (C=O) groups excluding carboxylic acids is 1. The smallest absolute Gasteiger partial charge is 0.288 e. The lowest BCUT2D eigenvalue weighted by Crippen LogP contribution is -2.26. The average Bonchev–Trinajstić information content (AvgIpc) is 3.06. The molecule has 0 unspecified atom stereocenters. The molecule has 3 rings (SSSR count). The van der Waals surface area contributed by atoms with Crippen LogP contribution in [0, 0.1) is 0 Å². The van der Waals surface area contributed by atoms with Gasteiger partial charge in [-0.25, -0.2) is 0 Å². The Morgan fingerprint density at radius 1 is 1.14 bits per heavy atom. The highest BCUT2D eigenvalue weighted by Crippen LogP contribution is 2.25. The van der Waals surface area contributed by atoms with Crippen LogP contribution >= 0.6 is 0 Å². The van der Waals surface area contributed by atoms with Gasteiger partial charge in [-0.3, -0.25) is 9.78 Å². The first-order valence-electron chi connectivity index (χ1n) is 7.09. The number of nitrogens with one attached hydrogen (secondary N) is 1. The molecule has 0 saturated carbocycles. The summed E-state index contributed by atoms with van der Waals surface area (Å²) in [6.45, 7) is 1.92. The highest BCUT2D eigenvalue weighted by Gasteiger charge is 2.19. The molecule has 0 bridgehead atoms. The Morgan fingerprint density at radius 3 is 2.68 bits per heavy atom. The van der Waals surface area contributed by atoms with Crippen LogP contribution in [0.15, 0.2) is 71.6 Å². The molecule has 0 fully saturated rings. The molecule has 0 aliphatic carbocycles. The van der Waals surface area contributed by atoms with Gasteiger partial charge in [-0.15, -0.1) is 0 Å². The molecule has 22 heavy (non-hydrogen) atoms. The highest BCUT2D eigenvalue weighted by atomic mass is 16.3. The topological polar surface area (TPSA) is 55.1 Å². The summed E-state index contributed by atoms with van der Waals surface area (Å²) in [7, 11) is 0. The molecule has 4 heteroatoms. The number of rotatable bonds is 4. The van der Waals surface area contributed by atoms with E-state index in [-0.39, 0.29) is 11.9 Å². The summed E-state index contributed by atoms with van der Waals surface area (Å²) in [5.74, 6) is 0.0853. The number of amides is 1. The fraction of sp³-hybridized carbons (Fsp3) is 0.111. The number of hydrogen-bond donors (Lipinski definition) is 1. The van der Waals surface area contributed by atoms with E-state index in [2.05, 4.69) is 10.3 Å². The van der Waals surface area contributed by atoms with Crippen molar-refractivity contribution in [1.82, 2.24) is 10.3 Å². The number of benzene rings is 1. The number of furan rings is 1. The van der Waals surface area contributed by atoms with Crippen molar-refractivity contribution in [2.45, 2.75) is 13.0 Å². The molecule has 1 N–H and O–H groups in total. The normalized spacial score (nSPS) is 11.9. The summed E-state index contributed by atoms with van der Waals surface area (Å²) in [4.78, 5) is 16.5. The van der Waals surface area contributed by atoms with Crippen molar-refractivity contribution in [3.63, 3.8) is 0 Å². The fourth-order valence-electron chi connectivity index (χ4n) is 2.31. The van der Waals surface area contributed by atoms with Gasteiger partial charge in [0.25, 0.3) is 5.91 Å². The van der Waals surface area contributed by atoms with Crippen molar-refractivity contribution in [3.05, 3.63) is 78.5 Å². The lowest BCUT2D eigenvalue weighted by atomic mass is 10.1. The Kier molecular flexibility index (Phi) is 4.01. The van der Waals surface area contributed by atoms with Crippen molar-refractivity contribution < 1.29 is 9.21 Å². The predicted molar refractivity (Wildman–Crippen MR) is 84.3 cm³/mol. The lowest BCUT2D eigenvalue weighted by Gasteiger charge is -2.13. The zero-order valence-corrected chi connectivity index (χ0v) is 12.2. The largest absolute Gasteiger partial charge is 0.459 e. The maximum atomic E-state index is 12.5. The van der Waals surface area contributed by atoms with Gasteiger partial charge in [0.1, 0.15) is 0 Å². The summed E-state index contributed by atoms with van der Waals surface area (Å²) >= 11 is 0. The van der Waals surface area contributed by atoms with E-state index < -0.39 is 0 Å². The third-order valence-electron chi connectivity index (χ3n) is 3.49.